The summed E-state index contributed by atoms with van der Waals surface area (Å²) >= 11 is 0. The lowest BCUT2D eigenvalue weighted by molar-refractivity contribution is -0.305. The Balaban J connectivity index is 2.57. The maximum atomic E-state index is 13.1. The Labute approximate surface area is 237 Å². The predicted molar refractivity (Wildman–Crippen MR) is 145 cm³/mol. The Morgan fingerprint density at radius 1 is 0.700 bits per heavy atom. The first-order chi connectivity index (χ1) is 18.4. The van der Waals surface area contributed by atoms with Crippen molar-refractivity contribution in [2.75, 3.05) is 13.7 Å². The molecule has 224 valence electrons. The second-order valence-corrected chi connectivity index (χ2v) is 12.9. The zero-order valence-corrected chi connectivity index (χ0v) is 25.3. The van der Waals surface area contributed by atoms with Gasteiger partial charge in [-0.15, -0.1) is 0 Å². The molecular weight excluding hydrogens is 520 g/mol. The minimum Gasteiger partial charge on any atom is -0.467 e. The molecule has 1 heterocycles. The Morgan fingerprint density at radius 2 is 1.15 bits per heavy atom. The summed E-state index contributed by atoms with van der Waals surface area (Å²) < 4.78 is 34.4. The molecule has 1 aliphatic rings. The molecule has 1 aliphatic heterocycles. The summed E-state index contributed by atoms with van der Waals surface area (Å²) in [6.45, 7) is 14.9. The van der Waals surface area contributed by atoms with Crippen LogP contribution in [0.4, 0.5) is 0 Å². The maximum Gasteiger partial charge on any atom is 0.339 e. The van der Waals surface area contributed by atoms with Crippen LogP contribution in [0.5, 0.6) is 0 Å². The van der Waals surface area contributed by atoms with Gasteiger partial charge in [-0.2, -0.15) is 0 Å². The zero-order chi connectivity index (χ0) is 30.5. The maximum absolute atomic E-state index is 13.1. The number of rotatable bonds is 8. The van der Waals surface area contributed by atoms with E-state index in [9.17, 15) is 19.2 Å². The Hall–Kier alpha value is -2.98. The standard InChI is InChI=1S/C30H44O10/c1-28(2,3)25(32)38-19-20(39-26(33)29(4,5)6)22(40-27(34)30(7,8)9)24(37-21(19)23(31)35-10)36-17-16-18-14-12-11-13-15-18/h11-15,19-22,24H,16-17H2,1-10H3/t19-,20-,21-,22+,24-/m0/s1. The fourth-order valence-corrected chi connectivity index (χ4v) is 3.48. The fraction of sp³-hybridized carbons (Fsp3) is 0.667. The van der Waals surface area contributed by atoms with Crippen LogP contribution in [0.3, 0.4) is 0 Å². The summed E-state index contributed by atoms with van der Waals surface area (Å²) in [5.74, 6) is -2.86. The van der Waals surface area contributed by atoms with Gasteiger partial charge in [0.2, 0.25) is 0 Å². The molecule has 0 saturated carbocycles. The van der Waals surface area contributed by atoms with Crippen LogP contribution >= 0.6 is 0 Å². The van der Waals surface area contributed by atoms with Crippen LogP contribution in [0.15, 0.2) is 30.3 Å². The average molecular weight is 565 g/mol. The third-order valence-corrected chi connectivity index (χ3v) is 6.01. The highest BCUT2D eigenvalue weighted by Gasteiger charge is 2.57. The molecule has 2 rings (SSSR count). The second kappa shape index (κ2) is 13.1. The van der Waals surface area contributed by atoms with E-state index in [-0.39, 0.29) is 6.61 Å². The number of benzene rings is 1. The van der Waals surface area contributed by atoms with Crippen molar-refractivity contribution in [3.8, 4) is 0 Å². The first-order valence-corrected chi connectivity index (χ1v) is 13.4. The lowest BCUT2D eigenvalue weighted by atomic mass is 9.93. The topological polar surface area (TPSA) is 124 Å². The number of carbonyl (C=O) groups is 4. The lowest BCUT2D eigenvalue weighted by Gasteiger charge is -2.45. The number of hydrogen-bond acceptors (Lipinski definition) is 10. The van der Waals surface area contributed by atoms with Crippen molar-refractivity contribution >= 4 is 23.9 Å². The van der Waals surface area contributed by atoms with Crippen molar-refractivity contribution in [1.82, 2.24) is 0 Å². The Bertz CT molecular complexity index is 1030. The van der Waals surface area contributed by atoms with Crippen molar-refractivity contribution < 1.29 is 47.6 Å². The van der Waals surface area contributed by atoms with E-state index in [1.54, 1.807) is 62.3 Å². The summed E-state index contributed by atoms with van der Waals surface area (Å²) in [5, 5.41) is 0. The van der Waals surface area contributed by atoms with Gasteiger partial charge in [-0.1, -0.05) is 30.3 Å². The molecule has 1 saturated heterocycles. The van der Waals surface area contributed by atoms with Gasteiger partial charge < -0.3 is 28.4 Å². The first-order valence-electron chi connectivity index (χ1n) is 13.4. The van der Waals surface area contributed by atoms with Crippen molar-refractivity contribution in [2.24, 2.45) is 16.2 Å². The highest BCUT2D eigenvalue weighted by molar-refractivity contribution is 5.80. The summed E-state index contributed by atoms with van der Waals surface area (Å²) in [6.07, 6.45) is -6.69. The van der Waals surface area contributed by atoms with Gasteiger partial charge >= 0.3 is 23.9 Å². The molecule has 1 aromatic rings. The van der Waals surface area contributed by atoms with Crippen molar-refractivity contribution in [3.63, 3.8) is 0 Å². The largest absolute Gasteiger partial charge is 0.467 e. The summed E-state index contributed by atoms with van der Waals surface area (Å²) in [5.41, 5.74) is -1.90. The third-order valence-electron chi connectivity index (χ3n) is 6.01. The molecule has 0 unspecified atom stereocenters. The number of carbonyl (C=O) groups excluding carboxylic acids is 4. The molecule has 0 amide bonds. The Kier molecular flexibility index (Phi) is 10.9. The van der Waals surface area contributed by atoms with Gasteiger partial charge in [0.25, 0.3) is 0 Å². The van der Waals surface area contributed by atoms with Gasteiger partial charge in [0.1, 0.15) is 0 Å². The van der Waals surface area contributed by atoms with Crippen LogP contribution in [0.2, 0.25) is 0 Å². The number of ether oxygens (including phenoxy) is 6. The summed E-state index contributed by atoms with van der Waals surface area (Å²) in [6, 6.07) is 9.53. The number of methoxy groups -OCH3 is 1. The van der Waals surface area contributed by atoms with Crippen LogP contribution in [0.1, 0.15) is 67.9 Å². The molecule has 0 aliphatic carbocycles. The summed E-state index contributed by atoms with van der Waals surface area (Å²) in [4.78, 5) is 52.2. The molecular formula is C30H44O10. The van der Waals surface area contributed by atoms with Crippen molar-refractivity contribution in [3.05, 3.63) is 35.9 Å². The molecule has 40 heavy (non-hydrogen) atoms. The molecule has 1 aromatic carbocycles. The van der Waals surface area contributed by atoms with Gasteiger partial charge in [0.15, 0.2) is 30.7 Å². The van der Waals surface area contributed by atoms with Gasteiger partial charge in [0.05, 0.1) is 30.0 Å². The van der Waals surface area contributed by atoms with E-state index in [0.717, 1.165) is 12.7 Å². The van der Waals surface area contributed by atoms with E-state index in [1.807, 2.05) is 30.3 Å². The average Bonchev–Trinajstić information content (AvgIpc) is 2.84. The van der Waals surface area contributed by atoms with Gasteiger partial charge in [-0.3, -0.25) is 14.4 Å². The molecule has 0 N–H and O–H groups in total. The van der Waals surface area contributed by atoms with E-state index >= 15 is 0 Å². The van der Waals surface area contributed by atoms with Crippen molar-refractivity contribution in [2.45, 2.75) is 99.4 Å². The highest BCUT2D eigenvalue weighted by atomic mass is 16.7. The molecule has 0 radical (unpaired) electrons. The molecule has 0 spiro atoms. The van der Waals surface area contributed by atoms with E-state index in [1.165, 1.54) is 0 Å². The molecule has 10 heteroatoms. The first kappa shape index (κ1) is 33.2. The van der Waals surface area contributed by atoms with Crippen LogP contribution < -0.4 is 0 Å². The minimum absolute atomic E-state index is 0.124. The van der Waals surface area contributed by atoms with E-state index in [4.69, 9.17) is 28.4 Å². The molecule has 10 nitrogen and oxygen atoms in total. The molecule has 0 bridgehead atoms. The Morgan fingerprint density at radius 3 is 1.60 bits per heavy atom. The van der Waals surface area contributed by atoms with Crippen molar-refractivity contribution in [1.29, 1.82) is 0 Å². The van der Waals surface area contributed by atoms with Gasteiger partial charge in [-0.25, -0.2) is 4.79 Å². The molecule has 0 aromatic heterocycles. The summed E-state index contributed by atoms with van der Waals surface area (Å²) in [7, 11) is 1.15. The van der Waals surface area contributed by atoms with Gasteiger partial charge in [0, 0.05) is 0 Å². The normalized spacial score (nSPS) is 23.6. The van der Waals surface area contributed by atoms with Crippen LogP contribution in [-0.4, -0.2) is 68.3 Å². The SMILES string of the molecule is COC(=O)[C@H]1O[C@H](OCCc2ccccc2)[C@H](OC(=O)C(C)(C)C)[C@@H](OC(=O)C(C)(C)C)[C@@H]1OC(=O)C(C)(C)C. The number of hydrogen-bond donors (Lipinski definition) is 0. The fourth-order valence-electron chi connectivity index (χ4n) is 3.48. The van der Waals surface area contributed by atoms with Gasteiger partial charge in [-0.05, 0) is 74.3 Å². The molecule has 1 fully saturated rings. The highest BCUT2D eigenvalue weighted by Crippen LogP contribution is 2.34. The van der Waals surface area contributed by atoms with E-state index in [0.29, 0.717) is 6.42 Å². The quantitative estimate of drug-likeness (QED) is 0.338. The smallest absolute Gasteiger partial charge is 0.339 e. The second-order valence-electron chi connectivity index (χ2n) is 12.9. The predicted octanol–water partition coefficient (Wildman–Crippen LogP) is 4.02. The van der Waals surface area contributed by atoms with E-state index < -0.39 is 70.8 Å². The van der Waals surface area contributed by atoms with E-state index in [2.05, 4.69) is 0 Å². The zero-order valence-electron chi connectivity index (χ0n) is 25.3. The third kappa shape index (κ3) is 9.02. The number of esters is 4. The monoisotopic (exact) mass is 564 g/mol. The minimum atomic E-state index is -1.53. The lowest BCUT2D eigenvalue weighted by Crippen LogP contribution is -2.65. The van der Waals surface area contributed by atoms with Crippen LogP contribution in [-0.2, 0) is 54.0 Å². The van der Waals surface area contributed by atoms with Crippen LogP contribution in [0.25, 0.3) is 0 Å². The van der Waals surface area contributed by atoms with Crippen LogP contribution in [0, 0.1) is 16.2 Å². The molecule has 5 atom stereocenters.